The van der Waals surface area contributed by atoms with Crippen molar-refractivity contribution in [3.8, 4) is 0 Å². The average Bonchev–Trinajstić information content (AvgIpc) is 3.34. The van der Waals surface area contributed by atoms with E-state index in [0.29, 0.717) is 0 Å². The summed E-state index contributed by atoms with van der Waals surface area (Å²) in [4.78, 5) is 24.7. The first-order valence-electron chi connectivity index (χ1n) is 10.4. The van der Waals surface area contributed by atoms with E-state index in [2.05, 4.69) is 0 Å². The molecule has 3 heterocycles. The fourth-order valence-electron chi connectivity index (χ4n) is 4.57. The highest BCUT2D eigenvalue weighted by molar-refractivity contribution is 5.94. The molecule has 0 bridgehead atoms. The van der Waals surface area contributed by atoms with Gasteiger partial charge in [-0.25, -0.2) is 9.59 Å². The van der Waals surface area contributed by atoms with Crippen molar-refractivity contribution in [2.24, 2.45) is 11.8 Å². The Bertz CT molecular complexity index is 892. The zero-order chi connectivity index (χ0) is 24.1. The van der Waals surface area contributed by atoms with Gasteiger partial charge in [0.2, 0.25) is 6.29 Å². The largest absolute Gasteiger partial charge is 0.471 e. The molecule has 0 unspecified atom stereocenters. The summed E-state index contributed by atoms with van der Waals surface area (Å²) in [6.45, 7) is 0.750. The molecule has 0 aromatic heterocycles. The highest BCUT2D eigenvalue weighted by Crippen LogP contribution is 2.50. The number of hydrogen-bond acceptors (Lipinski definition) is 12. The fourth-order valence-corrected chi connectivity index (χ4v) is 4.57. The van der Waals surface area contributed by atoms with Crippen LogP contribution in [0.5, 0.6) is 0 Å². The Morgan fingerprint density at radius 2 is 1.94 bits per heavy atom. The fraction of sp³-hybridized carbons (Fsp3) is 0.619. The lowest BCUT2D eigenvalue weighted by atomic mass is 9.78. The van der Waals surface area contributed by atoms with Crippen LogP contribution in [0.2, 0.25) is 0 Å². The second kappa shape index (κ2) is 8.80. The molecular weight excluding hydrogens is 444 g/mol. The lowest BCUT2D eigenvalue weighted by molar-refractivity contribution is -0.344. The van der Waals surface area contributed by atoms with Gasteiger partial charge < -0.3 is 49.2 Å². The minimum Gasteiger partial charge on any atom is -0.471 e. The van der Waals surface area contributed by atoms with E-state index in [1.165, 1.54) is 20.1 Å². The van der Waals surface area contributed by atoms with E-state index < -0.39 is 79.1 Å². The molecule has 5 N–H and O–H groups in total. The van der Waals surface area contributed by atoms with Crippen LogP contribution in [0.25, 0.3) is 0 Å². The molecule has 1 spiro atoms. The van der Waals surface area contributed by atoms with Crippen LogP contribution in [-0.2, 0) is 33.3 Å². The van der Waals surface area contributed by atoms with Crippen molar-refractivity contribution in [1.82, 2.24) is 0 Å². The van der Waals surface area contributed by atoms with Gasteiger partial charge in [-0.1, -0.05) is 6.08 Å². The van der Waals surface area contributed by atoms with E-state index in [0.717, 1.165) is 6.26 Å². The Morgan fingerprint density at radius 3 is 2.55 bits per heavy atom. The van der Waals surface area contributed by atoms with E-state index >= 15 is 0 Å². The van der Waals surface area contributed by atoms with Crippen molar-refractivity contribution in [2.45, 2.75) is 55.6 Å². The third-order valence-corrected chi connectivity index (χ3v) is 6.33. The number of carbonyl (C=O) groups is 2. The van der Waals surface area contributed by atoms with Gasteiger partial charge in [0.1, 0.15) is 24.4 Å². The normalized spacial score (nSPS) is 42.8. The molecule has 3 aliphatic heterocycles. The molecule has 10 atom stereocenters. The molecule has 12 heteroatoms. The summed E-state index contributed by atoms with van der Waals surface area (Å²) >= 11 is 0. The average molecular weight is 470 g/mol. The molecule has 0 radical (unpaired) electrons. The number of aliphatic hydroxyl groups excluding tert-OH is 5. The Hall–Kier alpha value is -2.32. The minimum absolute atomic E-state index is 0.0149. The molecule has 12 nitrogen and oxygen atoms in total. The van der Waals surface area contributed by atoms with Gasteiger partial charge in [0, 0.05) is 5.92 Å². The molecule has 0 amide bonds. The van der Waals surface area contributed by atoms with Crippen molar-refractivity contribution >= 4 is 11.9 Å². The van der Waals surface area contributed by atoms with Gasteiger partial charge in [-0.05, 0) is 19.1 Å². The predicted octanol–water partition coefficient (Wildman–Crippen LogP) is -2.38. The Kier molecular flexibility index (Phi) is 6.35. The van der Waals surface area contributed by atoms with Crippen molar-refractivity contribution < 1.29 is 58.8 Å². The monoisotopic (exact) mass is 470 g/mol. The van der Waals surface area contributed by atoms with Gasteiger partial charge in [-0.15, -0.1) is 0 Å². The third-order valence-electron chi connectivity index (χ3n) is 6.33. The molecule has 0 saturated carbocycles. The zero-order valence-corrected chi connectivity index (χ0v) is 17.8. The summed E-state index contributed by atoms with van der Waals surface area (Å²) in [5, 5.41) is 49.8. The van der Waals surface area contributed by atoms with E-state index in [1.807, 2.05) is 0 Å². The quantitative estimate of drug-likeness (QED) is 0.213. The van der Waals surface area contributed by atoms with Gasteiger partial charge in [-0.3, -0.25) is 0 Å². The molecule has 1 fully saturated rings. The van der Waals surface area contributed by atoms with Crippen molar-refractivity contribution in [2.75, 3.05) is 13.7 Å². The van der Waals surface area contributed by atoms with Crippen LogP contribution in [0.15, 0.2) is 35.6 Å². The standard InChI is InChI=1S/C21H26O12/c1-8(23)10-5-21(33-18(10)28)4-3-9-11(17(27)29-2)7-30-19(13(9)21)32-20-16(26)15(25)14(24)12(6-22)31-20/h3-5,7-9,12-16,19-20,22-26H,6H2,1-2H3/t8-,9+,12+,13+,14+,15-,16+,19+,20-,21+/m0/s1. The molecule has 182 valence electrons. The first-order valence-corrected chi connectivity index (χ1v) is 10.4. The maximum Gasteiger partial charge on any atom is 0.337 e. The number of carbonyl (C=O) groups excluding carboxylic acids is 2. The molecule has 4 aliphatic rings. The highest BCUT2D eigenvalue weighted by atomic mass is 16.8. The van der Waals surface area contributed by atoms with E-state index in [-0.39, 0.29) is 11.1 Å². The topological polar surface area (TPSA) is 181 Å². The van der Waals surface area contributed by atoms with E-state index in [9.17, 15) is 35.1 Å². The van der Waals surface area contributed by atoms with Crippen molar-refractivity contribution in [1.29, 1.82) is 0 Å². The number of esters is 2. The SMILES string of the molecule is COC(=O)C1=CO[C@H](O[C@@H]2O[C@H](CO)[C@@H](O)[C@H](O)[C@H]2O)[C@H]2[C@@H]1C=C[C@@]21C=C([C@H](C)O)C(=O)O1. The van der Waals surface area contributed by atoms with Crippen molar-refractivity contribution in [3.63, 3.8) is 0 Å². The lowest BCUT2D eigenvalue weighted by Crippen LogP contribution is -2.60. The molecule has 1 saturated heterocycles. The zero-order valence-electron chi connectivity index (χ0n) is 17.8. The number of aliphatic hydroxyl groups is 5. The van der Waals surface area contributed by atoms with Gasteiger partial charge in [0.05, 0.1) is 43.1 Å². The van der Waals surface area contributed by atoms with Crippen LogP contribution in [0.1, 0.15) is 6.92 Å². The maximum absolute atomic E-state index is 12.4. The second-order valence-electron chi connectivity index (χ2n) is 8.33. The maximum atomic E-state index is 12.4. The first-order chi connectivity index (χ1) is 15.6. The molecule has 0 aromatic carbocycles. The van der Waals surface area contributed by atoms with Gasteiger partial charge in [-0.2, -0.15) is 0 Å². The van der Waals surface area contributed by atoms with Crippen molar-refractivity contribution in [3.05, 3.63) is 35.6 Å². The Morgan fingerprint density at radius 1 is 1.21 bits per heavy atom. The molecule has 1 aliphatic carbocycles. The summed E-state index contributed by atoms with van der Waals surface area (Å²) < 4.78 is 27.2. The third kappa shape index (κ3) is 3.87. The molecule has 0 aromatic rings. The summed E-state index contributed by atoms with van der Waals surface area (Å²) in [6, 6.07) is 0. The van der Waals surface area contributed by atoms with Crippen LogP contribution in [-0.4, -0.2) is 99.9 Å². The smallest absolute Gasteiger partial charge is 0.337 e. The van der Waals surface area contributed by atoms with Crippen LogP contribution in [0, 0.1) is 11.8 Å². The summed E-state index contributed by atoms with van der Waals surface area (Å²) in [5.41, 5.74) is -1.30. The molecular formula is C21H26O12. The molecule has 33 heavy (non-hydrogen) atoms. The summed E-state index contributed by atoms with van der Waals surface area (Å²) in [5.74, 6) is -3.03. The number of allylic oxidation sites excluding steroid dienone is 1. The van der Waals surface area contributed by atoms with Crippen LogP contribution < -0.4 is 0 Å². The highest BCUT2D eigenvalue weighted by Gasteiger charge is 2.59. The van der Waals surface area contributed by atoms with Gasteiger partial charge in [0.25, 0.3) is 0 Å². The Labute approximate surface area is 188 Å². The van der Waals surface area contributed by atoms with E-state index in [4.69, 9.17) is 23.7 Å². The van der Waals surface area contributed by atoms with Gasteiger partial charge >= 0.3 is 11.9 Å². The summed E-state index contributed by atoms with van der Waals surface area (Å²) in [6.07, 6.45) is -4.38. The second-order valence-corrected chi connectivity index (χ2v) is 8.33. The van der Waals surface area contributed by atoms with Crippen LogP contribution in [0.4, 0.5) is 0 Å². The number of hydrogen-bond donors (Lipinski definition) is 5. The lowest BCUT2D eigenvalue weighted by Gasteiger charge is -2.44. The number of ether oxygens (including phenoxy) is 5. The first kappa shape index (κ1) is 23.8. The molecule has 4 rings (SSSR count). The van der Waals surface area contributed by atoms with E-state index in [1.54, 1.807) is 12.2 Å². The van der Waals surface area contributed by atoms with Crippen LogP contribution in [0.3, 0.4) is 0 Å². The number of fused-ring (bicyclic) bond motifs is 2. The number of rotatable bonds is 5. The number of methoxy groups -OCH3 is 1. The van der Waals surface area contributed by atoms with Gasteiger partial charge in [0.15, 0.2) is 11.9 Å². The summed E-state index contributed by atoms with van der Waals surface area (Å²) in [7, 11) is 1.20. The van der Waals surface area contributed by atoms with Crippen LogP contribution >= 0.6 is 0 Å². The Balaban J connectivity index is 1.67. The predicted molar refractivity (Wildman–Crippen MR) is 105 cm³/mol. The minimum atomic E-state index is -1.70.